The first-order chi connectivity index (χ1) is 25.7. The predicted molar refractivity (Wildman–Crippen MR) is 190 cm³/mol. The Hall–Kier alpha value is -7.13. The summed E-state index contributed by atoms with van der Waals surface area (Å²) in [5.74, 6) is 11.6. The number of hydrogen-bond acceptors (Lipinski definition) is 5. The molecule has 0 fully saturated rings. The van der Waals surface area contributed by atoms with Crippen LogP contribution in [0.4, 0.5) is 58.7 Å². The molecule has 5 rings (SSSR count). The van der Waals surface area contributed by atoms with Crippen LogP contribution in [0.15, 0.2) is 103 Å². The van der Waals surface area contributed by atoms with Crippen molar-refractivity contribution in [3.63, 3.8) is 0 Å². The van der Waals surface area contributed by atoms with Crippen molar-refractivity contribution in [2.45, 2.75) is 12.4 Å². The van der Waals surface area contributed by atoms with Crippen molar-refractivity contribution in [2.75, 3.05) is 35.5 Å². The lowest BCUT2D eigenvalue weighted by atomic mass is 10.1. The SMILES string of the molecule is COc1ccc(NC(=O)Nc2ccc(C(F)(F)F)cc2C#Cc2cccc(C#Cc3cc(C(F)(F)F)ccc3NC(=O)Nc3ccc(OC)cc3)n2)cc1. The number of ether oxygens (including phenoxy) is 2. The van der Waals surface area contributed by atoms with E-state index in [-0.39, 0.29) is 33.9 Å². The van der Waals surface area contributed by atoms with Crippen LogP contribution in [0.5, 0.6) is 11.5 Å². The summed E-state index contributed by atoms with van der Waals surface area (Å²) in [6.07, 6.45) is -9.41. The van der Waals surface area contributed by atoms with Crippen molar-refractivity contribution in [3.8, 4) is 35.2 Å². The minimum absolute atomic E-state index is 0.0296. The zero-order valence-corrected chi connectivity index (χ0v) is 28.2. The number of nitrogens with one attached hydrogen (secondary N) is 4. The summed E-state index contributed by atoms with van der Waals surface area (Å²) in [5.41, 5.74) is -1.56. The van der Waals surface area contributed by atoms with Crippen molar-refractivity contribution in [1.82, 2.24) is 4.98 Å². The molecule has 0 aliphatic rings. The van der Waals surface area contributed by atoms with E-state index in [9.17, 15) is 35.9 Å². The normalized spacial score (nSPS) is 10.8. The van der Waals surface area contributed by atoms with Gasteiger partial charge in [0, 0.05) is 22.5 Å². The Morgan fingerprint density at radius 2 is 0.926 bits per heavy atom. The van der Waals surface area contributed by atoms with Gasteiger partial charge in [-0.15, -0.1) is 0 Å². The highest BCUT2D eigenvalue weighted by Crippen LogP contribution is 2.33. The van der Waals surface area contributed by atoms with Crippen molar-refractivity contribution >= 4 is 34.8 Å². The summed E-state index contributed by atoms with van der Waals surface area (Å²) in [7, 11) is 2.95. The maximum Gasteiger partial charge on any atom is 0.416 e. The molecule has 0 saturated carbocycles. The van der Waals surface area contributed by atoms with E-state index in [0.29, 0.717) is 22.9 Å². The van der Waals surface area contributed by atoms with Crippen molar-refractivity contribution in [2.24, 2.45) is 0 Å². The van der Waals surface area contributed by atoms with Gasteiger partial charge in [-0.25, -0.2) is 14.6 Å². The van der Waals surface area contributed by atoms with Crippen molar-refractivity contribution < 1.29 is 45.4 Å². The second-order valence-electron chi connectivity index (χ2n) is 11.0. The van der Waals surface area contributed by atoms with Gasteiger partial charge in [0.25, 0.3) is 0 Å². The fraction of sp³-hybridized carbons (Fsp3) is 0.103. The average molecular weight is 744 g/mol. The monoisotopic (exact) mass is 743 g/mol. The van der Waals surface area contributed by atoms with Gasteiger partial charge >= 0.3 is 24.4 Å². The molecule has 274 valence electrons. The van der Waals surface area contributed by atoms with Crippen LogP contribution in [0.2, 0.25) is 0 Å². The van der Waals surface area contributed by atoms with Crippen LogP contribution in [0.25, 0.3) is 0 Å². The van der Waals surface area contributed by atoms with E-state index in [0.717, 1.165) is 36.4 Å². The number of rotatable bonds is 6. The number of carbonyl (C=O) groups is 2. The number of pyridine rings is 1. The Kier molecular flexibility index (Phi) is 11.6. The molecule has 15 heteroatoms. The first kappa shape index (κ1) is 38.1. The summed E-state index contributed by atoms with van der Waals surface area (Å²) in [6, 6.07) is 20.8. The molecule has 0 aliphatic heterocycles. The van der Waals surface area contributed by atoms with Crippen LogP contribution >= 0.6 is 0 Å². The van der Waals surface area contributed by atoms with Gasteiger partial charge in [-0.1, -0.05) is 17.9 Å². The Balaban J connectivity index is 1.40. The Bertz CT molecular complexity index is 2130. The third-order valence-electron chi connectivity index (χ3n) is 7.29. The number of methoxy groups -OCH3 is 2. The number of halogens is 6. The fourth-order valence-corrected chi connectivity index (χ4v) is 4.62. The molecule has 0 radical (unpaired) electrons. The molecule has 1 aromatic heterocycles. The topological polar surface area (TPSA) is 114 Å². The highest BCUT2D eigenvalue weighted by molar-refractivity contribution is 6.01. The van der Waals surface area contributed by atoms with Crippen LogP contribution in [-0.4, -0.2) is 31.3 Å². The predicted octanol–water partition coefficient (Wildman–Crippen LogP) is 9.22. The molecule has 5 aromatic rings. The van der Waals surface area contributed by atoms with Gasteiger partial charge in [-0.3, -0.25) is 0 Å². The number of carbonyl (C=O) groups excluding carboxylic acids is 2. The van der Waals surface area contributed by atoms with Gasteiger partial charge in [0.15, 0.2) is 0 Å². The Morgan fingerprint density at radius 1 is 0.537 bits per heavy atom. The van der Waals surface area contributed by atoms with Gasteiger partial charge in [-0.05, 0) is 109 Å². The minimum atomic E-state index is -4.71. The Morgan fingerprint density at radius 3 is 1.28 bits per heavy atom. The highest BCUT2D eigenvalue weighted by Gasteiger charge is 2.32. The summed E-state index contributed by atoms with van der Waals surface area (Å²) >= 11 is 0. The van der Waals surface area contributed by atoms with Crippen molar-refractivity contribution in [3.05, 3.63) is 137 Å². The molecular weight excluding hydrogens is 716 g/mol. The third-order valence-corrected chi connectivity index (χ3v) is 7.29. The zero-order chi connectivity index (χ0) is 38.9. The molecule has 0 spiro atoms. The number of urea groups is 2. The van der Waals surface area contributed by atoms with E-state index < -0.39 is 35.5 Å². The van der Waals surface area contributed by atoms with Gasteiger partial charge in [0.1, 0.15) is 22.9 Å². The lowest BCUT2D eigenvalue weighted by Gasteiger charge is -2.12. The molecule has 4 aromatic carbocycles. The molecule has 54 heavy (non-hydrogen) atoms. The number of benzene rings is 4. The minimum Gasteiger partial charge on any atom is -0.497 e. The number of anilines is 4. The molecular formula is C39H27F6N5O4. The molecule has 4 amide bonds. The van der Waals surface area contributed by atoms with Gasteiger partial charge in [-0.2, -0.15) is 26.3 Å². The highest BCUT2D eigenvalue weighted by atomic mass is 19.4. The molecule has 0 aliphatic carbocycles. The van der Waals surface area contributed by atoms with Crippen LogP contribution in [0, 0.1) is 23.7 Å². The fourth-order valence-electron chi connectivity index (χ4n) is 4.62. The number of amides is 4. The standard InChI is InChI=1S/C39H27F6N5O4/c1-53-32-16-12-30(13-17-32)47-36(51)49-34-20-8-26(38(40,41)42)22-24(34)6-10-28-4-3-5-29(46-28)11-7-25-23-27(39(43,44)45)9-21-35(25)50-37(52)48-31-14-18-33(54-2)19-15-31/h3-5,8-9,12-23H,1-2H3,(H2,47,49,51)(H2,48,50,52). The smallest absolute Gasteiger partial charge is 0.416 e. The molecule has 0 unspecified atom stereocenters. The molecule has 9 nitrogen and oxygen atoms in total. The first-order valence-corrected chi connectivity index (χ1v) is 15.6. The number of nitrogens with zero attached hydrogens (tertiary/aromatic N) is 1. The first-order valence-electron chi connectivity index (χ1n) is 15.6. The zero-order valence-electron chi connectivity index (χ0n) is 28.2. The molecule has 4 N–H and O–H groups in total. The summed E-state index contributed by atoms with van der Waals surface area (Å²) in [5, 5.41) is 10.1. The second kappa shape index (κ2) is 16.5. The summed E-state index contributed by atoms with van der Waals surface area (Å²) < 4.78 is 91.7. The van der Waals surface area contributed by atoms with E-state index in [1.165, 1.54) is 32.4 Å². The van der Waals surface area contributed by atoms with Crippen LogP contribution in [-0.2, 0) is 12.4 Å². The average Bonchev–Trinajstić information content (AvgIpc) is 3.14. The molecule has 1 heterocycles. The van der Waals surface area contributed by atoms with Gasteiger partial charge < -0.3 is 30.7 Å². The van der Waals surface area contributed by atoms with E-state index in [4.69, 9.17) is 9.47 Å². The largest absolute Gasteiger partial charge is 0.497 e. The second-order valence-corrected chi connectivity index (χ2v) is 11.0. The van der Waals surface area contributed by atoms with Crippen LogP contribution < -0.4 is 30.7 Å². The molecule has 0 bridgehead atoms. The van der Waals surface area contributed by atoms with Crippen LogP contribution in [0.1, 0.15) is 33.6 Å². The van der Waals surface area contributed by atoms with Crippen molar-refractivity contribution in [1.29, 1.82) is 0 Å². The molecule has 0 atom stereocenters. The van der Waals surface area contributed by atoms with Crippen LogP contribution in [0.3, 0.4) is 0 Å². The quantitative estimate of drug-likeness (QED) is 0.102. The lowest BCUT2D eigenvalue weighted by molar-refractivity contribution is -0.138. The number of alkyl halides is 6. The van der Waals surface area contributed by atoms with E-state index in [1.54, 1.807) is 48.5 Å². The lowest BCUT2D eigenvalue weighted by Crippen LogP contribution is -2.20. The van der Waals surface area contributed by atoms with Gasteiger partial charge in [0.2, 0.25) is 0 Å². The number of hydrogen-bond donors (Lipinski definition) is 4. The third kappa shape index (κ3) is 10.5. The number of aromatic nitrogens is 1. The van der Waals surface area contributed by atoms with Gasteiger partial charge in [0.05, 0.1) is 36.7 Å². The molecule has 0 saturated heterocycles. The Labute approximate surface area is 304 Å². The van der Waals surface area contributed by atoms with E-state index in [1.807, 2.05) is 0 Å². The van der Waals surface area contributed by atoms with E-state index in [2.05, 4.69) is 49.9 Å². The summed E-state index contributed by atoms with van der Waals surface area (Å²) in [6.45, 7) is 0. The van der Waals surface area contributed by atoms with E-state index >= 15 is 0 Å². The summed E-state index contributed by atoms with van der Waals surface area (Å²) in [4.78, 5) is 29.6. The maximum absolute atomic E-state index is 13.6. The maximum atomic E-state index is 13.6.